The van der Waals surface area contributed by atoms with Crippen LogP contribution >= 0.6 is 0 Å². The number of methoxy groups -OCH3 is 1. The maximum atomic E-state index is 12.7. The van der Waals surface area contributed by atoms with Gasteiger partial charge in [0.15, 0.2) is 11.7 Å². The molecule has 0 radical (unpaired) electrons. The van der Waals surface area contributed by atoms with Crippen LogP contribution in [0.4, 0.5) is 11.4 Å². The molecular weight excluding hydrogens is 590 g/mol. The molecule has 6 rings (SSSR count). The summed E-state index contributed by atoms with van der Waals surface area (Å²) in [6.45, 7) is 1.77. The summed E-state index contributed by atoms with van der Waals surface area (Å²) in [4.78, 5) is 52.7. The van der Waals surface area contributed by atoms with Gasteiger partial charge in [0.2, 0.25) is 0 Å². The zero-order chi connectivity index (χ0) is 33.1. The first-order valence-corrected chi connectivity index (χ1v) is 14.0. The third kappa shape index (κ3) is 5.86. The molecule has 0 bridgehead atoms. The number of carbonyl (C=O) groups is 3. The molecule has 3 aromatic carbocycles. The van der Waals surface area contributed by atoms with Crippen LogP contribution in [0, 0.1) is 6.92 Å². The van der Waals surface area contributed by atoms with Crippen molar-refractivity contribution in [3.63, 3.8) is 0 Å². The molecule has 0 saturated heterocycles. The van der Waals surface area contributed by atoms with E-state index in [1.807, 2.05) is 18.2 Å². The molecule has 1 aliphatic heterocycles. The van der Waals surface area contributed by atoms with Crippen molar-refractivity contribution in [2.45, 2.75) is 13.5 Å². The number of nitrogens with one attached hydrogen (secondary N) is 1. The van der Waals surface area contributed by atoms with Crippen LogP contribution in [-0.2, 0) is 11.3 Å². The standard InChI is InChI=1S/C33H23N3O7.C2H6O/c1-16-11-23-28(13-27(16)38)43-31-21(29(23)22-12-18(32(39)40)6-8-20(22)33(41)42)9-10-25(34)24(31)14-35-26-4-2-3-17-5-7-19(15-37)36-30(17)26;1-3-2/h2-13,15,35H,14,34H2,1H3,(H,39,40)(H,41,42);1-2H3. The average molecular weight is 620 g/mol. The van der Waals surface area contributed by atoms with Crippen LogP contribution in [0.1, 0.15) is 42.3 Å². The second kappa shape index (κ2) is 12.9. The zero-order valence-corrected chi connectivity index (χ0v) is 25.1. The summed E-state index contributed by atoms with van der Waals surface area (Å²) in [7, 11) is 3.25. The summed E-state index contributed by atoms with van der Waals surface area (Å²) >= 11 is 0. The topological polar surface area (TPSA) is 182 Å². The van der Waals surface area contributed by atoms with Gasteiger partial charge in [-0.3, -0.25) is 9.59 Å². The van der Waals surface area contributed by atoms with E-state index in [9.17, 15) is 29.4 Å². The molecule has 2 heterocycles. The number of aryl methyl sites for hydroxylation is 1. The van der Waals surface area contributed by atoms with Crippen LogP contribution in [0.15, 0.2) is 82.0 Å². The highest BCUT2D eigenvalue weighted by atomic mass is 16.4. The van der Waals surface area contributed by atoms with E-state index >= 15 is 0 Å². The van der Waals surface area contributed by atoms with Gasteiger partial charge in [0.25, 0.3) is 0 Å². The minimum atomic E-state index is -1.25. The first-order valence-electron chi connectivity index (χ1n) is 14.0. The lowest BCUT2D eigenvalue weighted by Crippen LogP contribution is -2.09. The van der Waals surface area contributed by atoms with E-state index in [2.05, 4.69) is 15.0 Å². The van der Waals surface area contributed by atoms with Gasteiger partial charge in [0.1, 0.15) is 17.0 Å². The van der Waals surface area contributed by atoms with Crippen LogP contribution in [0.5, 0.6) is 0 Å². The number of fused-ring (bicyclic) bond motifs is 3. The highest BCUT2D eigenvalue weighted by Crippen LogP contribution is 2.44. The summed E-state index contributed by atoms with van der Waals surface area (Å²) in [5, 5.41) is 24.4. The van der Waals surface area contributed by atoms with Gasteiger partial charge in [0, 0.05) is 60.0 Å². The first-order chi connectivity index (χ1) is 22.1. The maximum absolute atomic E-state index is 12.7. The second-order valence-corrected chi connectivity index (χ2v) is 10.5. The van der Waals surface area contributed by atoms with Crippen molar-refractivity contribution in [1.29, 1.82) is 0 Å². The smallest absolute Gasteiger partial charge is 0.336 e. The third-order valence-corrected chi connectivity index (χ3v) is 7.41. The number of anilines is 2. The van der Waals surface area contributed by atoms with E-state index < -0.39 is 11.9 Å². The number of aromatic nitrogens is 1. The number of benzene rings is 4. The fraction of sp³-hybridized carbons (Fsp3) is 0.114. The fourth-order valence-corrected chi connectivity index (χ4v) is 5.26. The molecule has 1 aromatic heterocycles. The Kier molecular flexibility index (Phi) is 8.78. The number of nitrogens with zero attached hydrogens (tertiary/aromatic N) is 1. The van der Waals surface area contributed by atoms with Crippen molar-refractivity contribution in [2.75, 3.05) is 25.3 Å². The molecule has 0 amide bonds. The van der Waals surface area contributed by atoms with Crippen LogP contribution in [0.2, 0.25) is 0 Å². The Morgan fingerprint density at radius 2 is 1.74 bits per heavy atom. The summed E-state index contributed by atoms with van der Waals surface area (Å²) in [5.41, 5.74) is 10.00. The van der Waals surface area contributed by atoms with E-state index in [4.69, 9.17) is 10.2 Å². The number of hydrogen-bond donors (Lipinski definition) is 4. The number of nitrogen functional groups attached to an aromatic ring is 1. The minimum absolute atomic E-state index is 0.102. The Morgan fingerprint density at radius 3 is 2.43 bits per heavy atom. The van der Waals surface area contributed by atoms with E-state index in [1.54, 1.807) is 51.5 Å². The van der Waals surface area contributed by atoms with Crippen molar-refractivity contribution >= 4 is 51.5 Å². The number of aromatic carboxylic acids is 2. The molecule has 11 nitrogen and oxygen atoms in total. The molecule has 0 atom stereocenters. The molecule has 0 fully saturated rings. The van der Waals surface area contributed by atoms with Gasteiger partial charge in [0.05, 0.1) is 22.3 Å². The lowest BCUT2D eigenvalue weighted by atomic mass is 9.88. The van der Waals surface area contributed by atoms with Gasteiger partial charge >= 0.3 is 11.9 Å². The number of carboxylic acid groups (broad SMARTS) is 2. The number of nitrogens with two attached hydrogens (primary N) is 1. The van der Waals surface area contributed by atoms with Gasteiger partial charge in [-0.15, -0.1) is 0 Å². The number of ether oxygens (including phenoxy) is 1. The average Bonchev–Trinajstić information content (AvgIpc) is 3.03. The Labute approximate surface area is 262 Å². The highest BCUT2D eigenvalue weighted by Gasteiger charge is 2.25. The predicted molar refractivity (Wildman–Crippen MR) is 175 cm³/mol. The molecule has 2 aliphatic rings. The number of pyridine rings is 1. The van der Waals surface area contributed by atoms with Crippen molar-refractivity contribution in [3.8, 4) is 22.5 Å². The van der Waals surface area contributed by atoms with E-state index in [0.717, 1.165) is 5.39 Å². The summed E-state index contributed by atoms with van der Waals surface area (Å²) in [5.74, 6) is -2.29. The number of aldehydes is 1. The van der Waals surface area contributed by atoms with Crippen LogP contribution in [-0.4, -0.2) is 47.6 Å². The molecular formula is C35H29N3O8. The van der Waals surface area contributed by atoms with Gasteiger partial charge in [-0.2, -0.15) is 0 Å². The number of rotatable bonds is 7. The predicted octanol–water partition coefficient (Wildman–Crippen LogP) is 6.09. The Morgan fingerprint density at radius 1 is 0.978 bits per heavy atom. The quantitative estimate of drug-likeness (QED) is 0.0922. The molecule has 46 heavy (non-hydrogen) atoms. The third-order valence-electron chi connectivity index (χ3n) is 7.41. The lowest BCUT2D eigenvalue weighted by Gasteiger charge is -2.20. The number of para-hydroxylation sites is 1. The van der Waals surface area contributed by atoms with Crippen LogP contribution in [0.25, 0.3) is 44.3 Å². The molecule has 1 aliphatic carbocycles. The maximum Gasteiger partial charge on any atom is 0.336 e. The van der Waals surface area contributed by atoms with E-state index in [-0.39, 0.29) is 45.7 Å². The Hall–Kier alpha value is -6.07. The van der Waals surface area contributed by atoms with Crippen molar-refractivity contribution in [1.82, 2.24) is 4.98 Å². The van der Waals surface area contributed by atoms with Gasteiger partial charge < -0.3 is 30.4 Å². The Balaban J connectivity index is 0.00000134. The number of hydrogen-bond acceptors (Lipinski definition) is 9. The zero-order valence-electron chi connectivity index (χ0n) is 25.1. The highest BCUT2D eigenvalue weighted by molar-refractivity contribution is 6.10. The first kappa shape index (κ1) is 31.4. The molecule has 11 heteroatoms. The molecule has 5 N–H and O–H groups in total. The number of carboxylic acids is 2. The monoisotopic (exact) mass is 619 g/mol. The minimum Gasteiger partial charge on any atom is -0.478 e. The van der Waals surface area contributed by atoms with Crippen LogP contribution < -0.4 is 16.5 Å². The molecule has 4 aromatic rings. The van der Waals surface area contributed by atoms with Crippen molar-refractivity contribution < 1.29 is 33.8 Å². The molecule has 0 saturated carbocycles. The van der Waals surface area contributed by atoms with Gasteiger partial charge in [-0.1, -0.05) is 18.2 Å². The Bertz CT molecular complexity index is 2190. The molecule has 0 spiro atoms. The number of carbonyl (C=O) groups excluding carboxylic acids is 1. The normalized spacial score (nSPS) is 10.8. The summed E-state index contributed by atoms with van der Waals surface area (Å²) in [6.07, 6.45) is 0.668. The van der Waals surface area contributed by atoms with Gasteiger partial charge in [-0.05, 0) is 66.6 Å². The lowest BCUT2D eigenvalue weighted by molar-refractivity contribution is 0.0682. The molecule has 232 valence electrons. The van der Waals surface area contributed by atoms with E-state index in [0.29, 0.717) is 50.8 Å². The van der Waals surface area contributed by atoms with E-state index in [1.165, 1.54) is 24.3 Å². The molecule has 0 unspecified atom stereocenters. The van der Waals surface area contributed by atoms with Crippen molar-refractivity contribution in [2.24, 2.45) is 0 Å². The van der Waals surface area contributed by atoms with Gasteiger partial charge in [-0.25, -0.2) is 14.6 Å². The second-order valence-electron chi connectivity index (χ2n) is 10.5. The SMILES string of the molecule is COC.Cc1cc2c(-c3cc(C(=O)O)ccc3C(=O)O)c3ccc(N)c(CNc4cccc5ccc(C=O)nc45)c3oc-2cc1=O. The summed E-state index contributed by atoms with van der Waals surface area (Å²) in [6, 6.07) is 19.0. The van der Waals surface area contributed by atoms with Crippen LogP contribution in [0.3, 0.4) is 0 Å². The van der Waals surface area contributed by atoms with Crippen molar-refractivity contribution in [3.05, 3.63) is 111 Å². The largest absolute Gasteiger partial charge is 0.478 e. The fourth-order valence-electron chi connectivity index (χ4n) is 5.26. The summed E-state index contributed by atoms with van der Waals surface area (Å²) < 4.78 is 10.6.